The van der Waals surface area contributed by atoms with Gasteiger partial charge in [-0.2, -0.15) is 0 Å². The second-order valence-electron chi connectivity index (χ2n) is 4.07. The first-order valence-electron chi connectivity index (χ1n) is 5.95. The number of ether oxygens (including phenoxy) is 1. The molecule has 1 atom stereocenters. The lowest BCUT2D eigenvalue weighted by Gasteiger charge is -2.35. The number of carbonyl (C=O) groups is 1. The summed E-state index contributed by atoms with van der Waals surface area (Å²) >= 11 is 5.23. The summed E-state index contributed by atoms with van der Waals surface area (Å²) in [6.45, 7) is 6.19. The normalized spacial score (nSPS) is 20.4. The van der Waals surface area contributed by atoms with Gasteiger partial charge in [0.25, 0.3) is 0 Å². The zero-order valence-corrected chi connectivity index (χ0v) is 11.7. The number of rotatable bonds is 4. The van der Waals surface area contributed by atoms with Crippen molar-refractivity contribution in [2.24, 2.45) is 0 Å². The fourth-order valence-corrected chi connectivity index (χ4v) is 2.19. The highest BCUT2D eigenvalue weighted by Crippen LogP contribution is 2.22. The third-order valence-electron chi connectivity index (χ3n) is 2.92. The molecule has 0 aromatic rings. The molecule has 1 aliphatic rings. The Kier molecular flexibility index (Phi) is 4.93. The first-order chi connectivity index (χ1) is 8.02. The molecule has 0 spiro atoms. The third kappa shape index (κ3) is 2.97. The van der Waals surface area contributed by atoms with Crippen LogP contribution in [-0.2, 0) is 9.53 Å². The number of thiocarbonyl (C=S) groups is 1. The Morgan fingerprint density at radius 2 is 2.18 bits per heavy atom. The summed E-state index contributed by atoms with van der Waals surface area (Å²) in [5.74, 6) is -0.245. The van der Waals surface area contributed by atoms with Crippen LogP contribution in [0.1, 0.15) is 33.6 Å². The minimum atomic E-state index is -0.245. The summed E-state index contributed by atoms with van der Waals surface area (Å²) < 4.78 is 5.11. The van der Waals surface area contributed by atoms with Crippen molar-refractivity contribution < 1.29 is 9.53 Å². The molecular formula is C12H20N2O2S. The van der Waals surface area contributed by atoms with E-state index in [1.165, 1.54) is 0 Å². The van der Waals surface area contributed by atoms with E-state index in [1.807, 2.05) is 25.8 Å². The highest BCUT2D eigenvalue weighted by molar-refractivity contribution is 7.80. The number of hydrogen-bond donors (Lipinski definition) is 1. The maximum atomic E-state index is 12.0. The molecule has 96 valence electrons. The van der Waals surface area contributed by atoms with E-state index in [2.05, 4.69) is 12.2 Å². The molecular weight excluding hydrogens is 236 g/mol. The third-order valence-corrected chi connectivity index (χ3v) is 3.31. The number of esters is 1. The topological polar surface area (TPSA) is 41.6 Å². The summed E-state index contributed by atoms with van der Waals surface area (Å²) in [6, 6.07) is -0.0252. The Labute approximate surface area is 108 Å². The van der Waals surface area contributed by atoms with Gasteiger partial charge in [-0.05, 0) is 32.5 Å². The van der Waals surface area contributed by atoms with E-state index in [0.29, 0.717) is 17.3 Å². The summed E-state index contributed by atoms with van der Waals surface area (Å²) in [4.78, 5) is 13.8. The number of allylic oxidation sites excluding steroid dienone is 1. The average Bonchev–Trinajstić information content (AvgIpc) is 2.27. The van der Waals surface area contributed by atoms with Crippen molar-refractivity contribution in [3.8, 4) is 0 Å². The summed E-state index contributed by atoms with van der Waals surface area (Å²) in [5, 5.41) is 3.85. The van der Waals surface area contributed by atoms with Crippen molar-refractivity contribution in [2.45, 2.75) is 39.7 Å². The quantitative estimate of drug-likeness (QED) is 0.614. The van der Waals surface area contributed by atoms with Crippen LogP contribution in [-0.4, -0.2) is 35.7 Å². The molecule has 1 N–H and O–H groups in total. The summed E-state index contributed by atoms with van der Waals surface area (Å²) in [6.07, 6.45) is 1.86. The predicted octanol–water partition coefficient (Wildman–Crippen LogP) is 1.81. The van der Waals surface area contributed by atoms with Crippen LogP contribution in [0.15, 0.2) is 11.3 Å². The van der Waals surface area contributed by atoms with Gasteiger partial charge in [0.05, 0.1) is 18.2 Å². The number of hydrogen-bond acceptors (Lipinski definition) is 3. The zero-order valence-electron chi connectivity index (χ0n) is 10.9. The monoisotopic (exact) mass is 256 g/mol. The Hall–Kier alpha value is -1.10. The Morgan fingerprint density at radius 1 is 1.53 bits per heavy atom. The molecule has 1 heterocycles. The molecule has 5 heteroatoms. The van der Waals surface area contributed by atoms with Gasteiger partial charge in [-0.3, -0.25) is 0 Å². The van der Waals surface area contributed by atoms with E-state index in [1.54, 1.807) is 0 Å². The number of carbonyl (C=O) groups excluding carboxylic acids is 1. The molecule has 0 fully saturated rings. The molecule has 0 aromatic heterocycles. The fourth-order valence-electron chi connectivity index (χ4n) is 1.91. The van der Waals surface area contributed by atoms with Gasteiger partial charge in [-0.1, -0.05) is 13.3 Å². The smallest absolute Gasteiger partial charge is 0.337 e. The SMILES string of the molecule is CCC[C@@H]1NC(=S)N(C)C(C)=C1C(=O)OCC. The van der Waals surface area contributed by atoms with E-state index in [0.717, 1.165) is 18.5 Å². The standard InChI is InChI=1S/C12H20N2O2S/c1-5-7-9-10(11(15)16-6-2)8(3)14(4)12(17)13-9/h9H,5-7H2,1-4H3,(H,13,17)/t9-/m0/s1. The van der Waals surface area contributed by atoms with E-state index in [-0.39, 0.29) is 12.0 Å². The highest BCUT2D eigenvalue weighted by Gasteiger charge is 2.31. The van der Waals surface area contributed by atoms with Crippen molar-refractivity contribution in [2.75, 3.05) is 13.7 Å². The van der Waals surface area contributed by atoms with E-state index in [9.17, 15) is 4.79 Å². The van der Waals surface area contributed by atoms with Crippen molar-refractivity contribution in [3.05, 3.63) is 11.3 Å². The van der Waals surface area contributed by atoms with Gasteiger partial charge >= 0.3 is 5.97 Å². The Morgan fingerprint density at radius 3 is 2.71 bits per heavy atom. The van der Waals surface area contributed by atoms with Crippen LogP contribution in [0.25, 0.3) is 0 Å². The Balaban J connectivity index is 3.05. The fraction of sp³-hybridized carbons (Fsp3) is 0.667. The van der Waals surface area contributed by atoms with Gasteiger partial charge in [-0.25, -0.2) is 4.79 Å². The lowest BCUT2D eigenvalue weighted by molar-refractivity contribution is -0.139. The molecule has 17 heavy (non-hydrogen) atoms. The molecule has 4 nitrogen and oxygen atoms in total. The molecule has 0 aliphatic carbocycles. The Bertz CT molecular complexity index is 352. The summed E-state index contributed by atoms with van der Waals surface area (Å²) in [7, 11) is 1.85. The summed E-state index contributed by atoms with van der Waals surface area (Å²) in [5.41, 5.74) is 1.58. The largest absolute Gasteiger partial charge is 0.463 e. The van der Waals surface area contributed by atoms with Crippen LogP contribution in [0.2, 0.25) is 0 Å². The maximum absolute atomic E-state index is 12.0. The molecule has 0 saturated carbocycles. The first kappa shape index (κ1) is 14.0. The molecule has 1 rings (SSSR count). The van der Waals surface area contributed by atoms with Crippen molar-refractivity contribution in [1.82, 2.24) is 10.2 Å². The molecule has 0 bridgehead atoms. The van der Waals surface area contributed by atoms with Gasteiger partial charge in [-0.15, -0.1) is 0 Å². The second-order valence-corrected chi connectivity index (χ2v) is 4.46. The molecule has 0 radical (unpaired) electrons. The number of nitrogens with one attached hydrogen (secondary N) is 1. The molecule has 0 unspecified atom stereocenters. The van der Waals surface area contributed by atoms with Crippen LogP contribution >= 0.6 is 12.2 Å². The molecule has 0 saturated heterocycles. The van der Waals surface area contributed by atoms with Gasteiger partial charge in [0, 0.05) is 12.7 Å². The zero-order chi connectivity index (χ0) is 13.0. The first-order valence-corrected chi connectivity index (χ1v) is 6.35. The maximum Gasteiger partial charge on any atom is 0.337 e. The molecule has 1 aliphatic heterocycles. The second kappa shape index (κ2) is 6.00. The van der Waals surface area contributed by atoms with Gasteiger partial charge in [0.15, 0.2) is 5.11 Å². The van der Waals surface area contributed by atoms with Crippen LogP contribution < -0.4 is 5.32 Å². The molecule has 0 amide bonds. The van der Waals surface area contributed by atoms with Crippen LogP contribution in [0.4, 0.5) is 0 Å². The average molecular weight is 256 g/mol. The van der Waals surface area contributed by atoms with E-state index < -0.39 is 0 Å². The van der Waals surface area contributed by atoms with Crippen LogP contribution in [0.5, 0.6) is 0 Å². The lowest BCUT2D eigenvalue weighted by atomic mass is 9.98. The minimum Gasteiger partial charge on any atom is -0.463 e. The van der Waals surface area contributed by atoms with E-state index >= 15 is 0 Å². The van der Waals surface area contributed by atoms with Crippen molar-refractivity contribution in [1.29, 1.82) is 0 Å². The van der Waals surface area contributed by atoms with Crippen LogP contribution in [0.3, 0.4) is 0 Å². The number of nitrogens with zero attached hydrogens (tertiary/aromatic N) is 1. The lowest BCUT2D eigenvalue weighted by Crippen LogP contribution is -2.50. The van der Waals surface area contributed by atoms with Crippen molar-refractivity contribution >= 4 is 23.3 Å². The highest BCUT2D eigenvalue weighted by atomic mass is 32.1. The minimum absolute atomic E-state index is 0.0252. The molecule has 0 aromatic carbocycles. The van der Waals surface area contributed by atoms with E-state index in [4.69, 9.17) is 17.0 Å². The van der Waals surface area contributed by atoms with Gasteiger partial charge in [0.2, 0.25) is 0 Å². The predicted molar refractivity (Wildman–Crippen MR) is 71.5 cm³/mol. The van der Waals surface area contributed by atoms with Gasteiger partial charge < -0.3 is 15.0 Å². The van der Waals surface area contributed by atoms with Gasteiger partial charge in [0.1, 0.15) is 0 Å². The van der Waals surface area contributed by atoms with Crippen LogP contribution in [0, 0.1) is 0 Å². The van der Waals surface area contributed by atoms with Crippen molar-refractivity contribution in [3.63, 3.8) is 0 Å².